The lowest BCUT2D eigenvalue weighted by Crippen LogP contribution is -2.37. The molecule has 124 valence electrons. The van der Waals surface area contributed by atoms with Gasteiger partial charge in [-0.05, 0) is 19.8 Å². The molecule has 1 aliphatic carbocycles. The Kier molecular flexibility index (Phi) is 7.18. The normalized spacial score (nSPS) is 29.6. The summed E-state index contributed by atoms with van der Waals surface area (Å²) in [7, 11) is 0. The van der Waals surface area contributed by atoms with Gasteiger partial charge < -0.3 is 0 Å². The summed E-state index contributed by atoms with van der Waals surface area (Å²) in [4.78, 5) is 18.1. The van der Waals surface area contributed by atoms with Crippen molar-refractivity contribution in [1.82, 2.24) is 5.06 Å². The van der Waals surface area contributed by atoms with Crippen LogP contribution in [0.4, 0.5) is 0 Å². The van der Waals surface area contributed by atoms with Crippen LogP contribution in [0, 0.1) is 17.2 Å². The smallest absolute Gasteiger partial charge is 0.247 e. The number of hydroxylamine groups is 2. The molecule has 2 rings (SSSR count). The molecular weight excluding hydrogens is 276 g/mol. The molecule has 22 heavy (non-hydrogen) atoms. The van der Waals surface area contributed by atoms with Crippen molar-refractivity contribution in [3.8, 4) is 6.07 Å². The molecule has 4 nitrogen and oxygen atoms in total. The fourth-order valence-corrected chi connectivity index (χ4v) is 3.54. The van der Waals surface area contributed by atoms with Gasteiger partial charge in [0, 0.05) is 6.42 Å². The fraction of sp³-hybridized carbons (Fsp3) is 0.889. The molecule has 1 saturated heterocycles. The largest absolute Gasteiger partial charge is 0.273 e. The van der Waals surface area contributed by atoms with Gasteiger partial charge in [-0.1, -0.05) is 57.8 Å². The first-order valence-corrected chi connectivity index (χ1v) is 9.11. The Labute approximate surface area is 134 Å². The summed E-state index contributed by atoms with van der Waals surface area (Å²) in [5, 5.41) is 10.6. The lowest BCUT2D eigenvalue weighted by atomic mass is 9.99. The average molecular weight is 306 g/mol. The number of carbonyl (C=O) groups is 1. The van der Waals surface area contributed by atoms with Gasteiger partial charge in [-0.25, -0.2) is 5.06 Å². The monoisotopic (exact) mass is 306 g/mol. The maximum atomic E-state index is 12.1. The van der Waals surface area contributed by atoms with E-state index in [0.29, 0.717) is 6.42 Å². The van der Waals surface area contributed by atoms with E-state index in [0.717, 1.165) is 12.8 Å². The number of amides is 1. The third-order valence-electron chi connectivity index (χ3n) is 5.07. The maximum absolute atomic E-state index is 12.1. The summed E-state index contributed by atoms with van der Waals surface area (Å²) in [6, 6.07) is 2.11. The predicted octanol–water partition coefficient (Wildman–Crippen LogP) is 4.35. The number of rotatable bonds is 2. The Morgan fingerprint density at radius 2 is 1.50 bits per heavy atom. The number of hydrogen-bond acceptors (Lipinski definition) is 3. The van der Waals surface area contributed by atoms with E-state index < -0.39 is 0 Å². The minimum absolute atomic E-state index is 0.0230. The van der Waals surface area contributed by atoms with Crippen molar-refractivity contribution in [2.45, 2.75) is 96.1 Å². The van der Waals surface area contributed by atoms with Gasteiger partial charge in [-0.15, -0.1) is 0 Å². The van der Waals surface area contributed by atoms with Gasteiger partial charge in [0.25, 0.3) is 0 Å². The molecule has 2 unspecified atom stereocenters. The molecule has 1 heterocycles. The van der Waals surface area contributed by atoms with Crippen molar-refractivity contribution < 1.29 is 9.63 Å². The van der Waals surface area contributed by atoms with Crippen molar-refractivity contribution in [3.05, 3.63) is 0 Å². The maximum Gasteiger partial charge on any atom is 0.247 e. The lowest BCUT2D eigenvalue weighted by molar-refractivity contribution is -0.213. The molecular formula is C18H30N2O2. The summed E-state index contributed by atoms with van der Waals surface area (Å²) >= 11 is 0. The van der Waals surface area contributed by atoms with Crippen LogP contribution in [-0.2, 0) is 9.63 Å². The van der Waals surface area contributed by atoms with Crippen LogP contribution in [-0.4, -0.2) is 23.1 Å². The first-order chi connectivity index (χ1) is 10.7. The minimum atomic E-state index is -0.223. The molecule has 0 radical (unpaired) electrons. The molecule has 1 saturated carbocycles. The third-order valence-corrected chi connectivity index (χ3v) is 5.07. The highest BCUT2D eigenvalue weighted by molar-refractivity contribution is 5.78. The first kappa shape index (κ1) is 17.3. The molecule has 2 aliphatic rings. The van der Waals surface area contributed by atoms with Crippen LogP contribution in [0.1, 0.15) is 84.0 Å². The van der Waals surface area contributed by atoms with E-state index in [1.807, 2.05) is 6.92 Å². The van der Waals surface area contributed by atoms with Gasteiger partial charge in [0.2, 0.25) is 5.91 Å². The molecule has 1 amide bonds. The van der Waals surface area contributed by atoms with Crippen molar-refractivity contribution in [2.24, 2.45) is 5.92 Å². The second kappa shape index (κ2) is 9.15. The minimum Gasteiger partial charge on any atom is -0.273 e. The van der Waals surface area contributed by atoms with Gasteiger partial charge in [0.05, 0.1) is 24.1 Å². The van der Waals surface area contributed by atoms with Crippen LogP contribution in [0.25, 0.3) is 0 Å². The van der Waals surface area contributed by atoms with Gasteiger partial charge in [0.1, 0.15) is 0 Å². The van der Waals surface area contributed by atoms with E-state index >= 15 is 0 Å². The van der Waals surface area contributed by atoms with E-state index in [4.69, 9.17) is 10.1 Å². The summed E-state index contributed by atoms with van der Waals surface area (Å²) in [5.74, 6) is -0.246. The summed E-state index contributed by atoms with van der Waals surface area (Å²) in [5.41, 5.74) is 0. The van der Waals surface area contributed by atoms with E-state index in [9.17, 15) is 4.79 Å². The predicted molar refractivity (Wildman–Crippen MR) is 85.7 cm³/mol. The van der Waals surface area contributed by atoms with Crippen LogP contribution >= 0.6 is 0 Å². The highest BCUT2D eigenvalue weighted by atomic mass is 16.7. The van der Waals surface area contributed by atoms with Gasteiger partial charge >= 0.3 is 0 Å². The zero-order valence-electron chi connectivity index (χ0n) is 13.9. The van der Waals surface area contributed by atoms with Crippen molar-refractivity contribution in [1.29, 1.82) is 5.26 Å². The molecule has 4 heteroatoms. The Morgan fingerprint density at radius 1 is 1.00 bits per heavy atom. The topological polar surface area (TPSA) is 53.3 Å². The first-order valence-electron chi connectivity index (χ1n) is 9.11. The summed E-state index contributed by atoms with van der Waals surface area (Å²) in [6.45, 7) is 1.92. The second-order valence-electron chi connectivity index (χ2n) is 6.89. The van der Waals surface area contributed by atoms with E-state index in [1.165, 1.54) is 62.9 Å². The molecule has 2 fully saturated rings. The SMILES string of the molecule is CC1C(C#N)CC(=O)N1OC1CCCCCCCCCCC1. The van der Waals surface area contributed by atoms with Crippen LogP contribution in [0.3, 0.4) is 0 Å². The number of nitrogens with zero attached hydrogens (tertiary/aromatic N) is 2. The molecule has 0 bridgehead atoms. The average Bonchev–Trinajstić information content (AvgIpc) is 2.77. The summed E-state index contributed by atoms with van der Waals surface area (Å²) < 4.78 is 0. The van der Waals surface area contributed by atoms with Crippen molar-refractivity contribution in [2.75, 3.05) is 0 Å². The second-order valence-corrected chi connectivity index (χ2v) is 6.89. The molecule has 2 atom stereocenters. The van der Waals surface area contributed by atoms with Crippen LogP contribution in [0.5, 0.6) is 0 Å². The Bertz CT molecular complexity index is 379. The highest BCUT2D eigenvalue weighted by Gasteiger charge is 2.39. The van der Waals surface area contributed by atoms with Crippen LogP contribution < -0.4 is 0 Å². The van der Waals surface area contributed by atoms with Crippen LogP contribution in [0.2, 0.25) is 0 Å². The summed E-state index contributed by atoms with van der Waals surface area (Å²) in [6.07, 6.45) is 14.2. The van der Waals surface area contributed by atoms with E-state index in [1.54, 1.807) is 0 Å². The Balaban J connectivity index is 1.87. The number of nitriles is 1. The zero-order valence-corrected chi connectivity index (χ0v) is 13.9. The van der Waals surface area contributed by atoms with Gasteiger partial charge in [0.15, 0.2) is 0 Å². The Hall–Kier alpha value is -1.08. The van der Waals surface area contributed by atoms with Crippen molar-refractivity contribution >= 4 is 5.91 Å². The number of carbonyl (C=O) groups excluding carboxylic acids is 1. The molecule has 0 spiro atoms. The van der Waals surface area contributed by atoms with Crippen LogP contribution in [0.15, 0.2) is 0 Å². The molecule has 0 aromatic heterocycles. The fourth-order valence-electron chi connectivity index (χ4n) is 3.54. The van der Waals surface area contributed by atoms with Crippen molar-refractivity contribution in [3.63, 3.8) is 0 Å². The van der Waals surface area contributed by atoms with E-state index in [-0.39, 0.29) is 24.0 Å². The lowest BCUT2D eigenvalue weighted by Gasteiger charge is -2.28. The zero-order chi connectivity index (χ0) is 15.8. The highest BCUT2D eigenvalue weighted by Crippen LogP contribution is 2.28. The quantitative estimate of drug-likeness (QED) is 0.762. The standard InChI is InChI=1S/C18H30N2O2/c1-15-16(14-19)13-18(21)20(15)22-17-11-9-7-5-3-2-4-6-8-10-12-17/h15-17H,2-13H2,1H3. The Morgan fingerprint density at radius 3 is 1.95 bits per heavy atom. The number of hydrogen-bond donors (Lipinski definition) is 0. The van der Waals surface area contributed by atoms with Gasteiger partial charge in [-0.2, -0.15) is 5.26 Å². The van der Waals surface area contributed by atoms with Gasteiger partial charge in [-0.3, -0.25) is 9.63 Å². The molecule has 1 aliphatic heterocycles. The molecule has 0 aromatic carbocycles. The van der Waals surface area contributed by atoms with E-state index in [2.05, 4.69) is 6.07 Å². The molecule has 0 aromatic rings. The third kappa shape index (κ3) is 4.98. The molecule has 0 N–H and O–H groups in total.